The van der Waals surface area contributed by atoms with Crippen molar-refractivity contribution >= 4 is 11.9 Å². The zero-order valence-electron chi connectivity index (χ0n) is 11.5. The summed E-state index contributed by atoms with van der Waals surface area (Å²) in [5.74, 6) is 1.08. The highest BCUT2D eigenvalue weighted by Gasteiger charge is 2.16. The molecule has 0 aliphatic carbocycles. The molecule has 1 saturated heterocycles. The number of nitrogens with zero attached hydrogens (tertiary/aromatic N) is 3. The number of nitrogens with one attached hydrogen (secondary N) is 1. The standard InChI is InChI=1S/C14H22N4/c1-4-11(2)9-13-12(3)16-10-17-14(13)18-7-5-15-6-8-18/h9-10,15H,4-8H2,1-3H3/b11-9+. The summed E-state index contributed by atoms with van der Waals surface area (Å²) in [5.41, 5.74) is 3.61. The Morgan fingerprint density at radius 1 is 1.39 bits per heavy atom. The molecule has 0 aromatic carbocycles. The second-order valence-electron chi connectivity index (χ2n) is 4.78. The first-order valence-electron chi connectivity index (χ1n) is 6.66. The zero-order valence-corrected chi connectivity index (χ0v) is 11.5. The first kappa shape index (κ1) is 13.0. The summed E-state index contributed by atoms with van der Waals surface area (Å²) >= 11 is 0. The van der Waals surface area contributed by atoms with Crippen LogP contribution in [0.4, 0.5) is 5.82 Å². The van der Waals surface area contributed by atoms with Crippen molar-refractivity contribution in [3.05, 3.63) is 23.2 Å². The van der Waals surface area contributed by atoms with E-state index in [0.717, 1.165) is 44.1 Å². The number of piperazine rings is 1. The normalized spacial score (nSPS) is 17.1. The monoisotopic (exact) mass is 246 g/mol. The zero-order chi connectivity index (χ0) is 13.0. The van der Waals surface area contributed by atoms with E-state index in [0.29, 0.717) is 0 Å². The van der Waals surface area contributed by atoms with Crippen molar-refractivity contribution in [2.75, 3.05) is 31.1 Å². The van der Waals surface area contributed by atoms with Gasteiger partial charge in [-0.15, -0.1) is 0 Å². The van der Waals surface area contributed by atoms with Gasteiger partial charge in [0.25, 0.3) is 0 Å². The lowest BCUT2D eigenvalue weighted by molar-refractivity contribution is 0.584. The van der Waals surface area contributed by atoms with Gasteiger partial charge in [0.05, 0.1) is 5.69 Å². The van der Waals surface area contributed by atoms with Crippen LogP contribution in [-0.4, -0.2) is 36.1 Å². The quantitative estimate of drug-likeness (QED) is 0.885. The molecule has 1 aliphatic heterocycles. The van der Waals surface area contributed by atoms with Gasteiger partial charge in [-0.3, -0.25) is 0 Å². The van der Waals surface area contributed by atoms with E-state index >= 15 is 0 Å². The van der Waals surface area contributed by atoms with Crippen molar-refractivity contribution < 1.29 is 0 Å². The maximum atomic E-state index is 4.49. The van der Waals surface area contributed by atoms with Crippen molar-refractivity contribution in [3.8, 4) is 0 Å². The molecule has 0 atom stereocenters. The summed E-state index contributed by atoms with van der Waals surface area (Å²) in [6.07, 6.45) is 4.97. The van der Waals surface area contributed by atoms with Gasteiger partial charge in [0.15, 0.2) is 0 Å². The van der Waals surface area contributed by atoms with Gasteiger partial charge < -0.3 is 10.2 Å². The maximum Gasteiger partial charge on any atom is 0.139 e. The minimum atomic E-state index is 1.02. The van der Waals surface area contributed by atoms with Gasteiger partial charge in [0.2, 0.25) is 0 Å². The second kappa shape index (κ2) is 5.96. The Bertz CT molecular complexity index is 433. The molecule has 4 heteroatoms. The molecule has 2 heterocycles. The molecule has 0 saturated carbocycles. The molecule has 1 aromatic heterocycles. The first-order chi connectivity index (χ1) is 8.72. The highest BCUT2D eigenvalue weighted by atomic mass is 15.2. The third kappa shape index (κ3) is 2.88. The summed E-state index contributed by atoms with van der Waals surface area (Å²) < 4.78 is 0. The smallest absolute Gasteiger partial charge is 0.139 e. The first-order valence-corrected chi connectivity index (χ1v) is 6.66. The molecule has 0 bridgehead atoms. The van der Waals surface area contributed by atoms with E-state index in [1.165, 1.54) is 11.1 Å². The molecule has 2 rings (SSSR count). The number of aromatic nitrogens is 2. The highest BCUT2D eigenvalue weighted by molar-refractivity contribution is 5.67. The second-order valence-corrected chi connectivity index (χ2v) is 4.78. The molecular weight excluding hydrogens is 224 g/mol. The van der Waals surface area contributed by atoms with Crippen LogP contribution in [0.1, 0.15) is 31.5 Å². The minimum Gasteiger partial charge on any atom is -0.353 e. The predicted molar refractivity (Wildman–Crippen MR) is 75.8 cm³/mol. The van der Waals surface area contributed by atoms with Crippen LogP contribution in [-0.2, 0) is 0 Å². The van der Waals surface area contributed by atoms with Crippen molar-refractivity contribution in [2.24, 2.45) is 0 Å². The van der Waals surface area contributed by atoms with Crippen LogP contribution in [0.15, 0.2) is 11.9 Å². The Morgan fingerprint density at radius 3 is 2.78 bits per heavy atom. The lowest BCUT2D eigenvalue weighted by Crippen LogP contribution is -2.44. The average molecular weight is 246 g/mol. The van der Waals surface area contributed by atoms with E-state index < -0.39 is 0 Å². The molecule has 1 aliphatic rings. The Balaban J connectivity index is 2.36. The van der Waals surface area contributed by atoms with Gasteiger partial charge in [-0.25, -0.2) is 9.97 Å². The Morgan fingerprint density at radius 2 is 2.11 bits per heavy atom. The summed E-state index contributed by atoms with van der Waals surface area (Å²) in [6.45, 7) is 10.5. The Hall–Kier alpha value is -1.42. The molecule has 4 nitrogen and oxygen atoms in total. The van der Waals surface area contributed by atoms with E-state index in [-0.39, 0.29) is 0 Å². The minimum absolute atomic E-state index is 1.02. The van der Waals surface area contributed by atoms with Crippen LogP contribution in [0.3, 0.4) is 0 Å². The molecule has 1 aromatic rings. The largest absolute Gasteiger partial charge is 0.353 e. The third-order valence-electron chi connectivity index (χ3n) is 3.43. The van der Waals surface area contributed by atoms with E-state index in [9.17, 15) is 0 Å². The molecule has 0 radical (unpaired) electrons. The van der Waals surface area contributed by atoms with Crippen LogP contribution < -0.4 is 10.2 Å². The van der Waals surface area contributed by atoms with Crippen LogP contribution in [0, 0.1) is 6.92 Å². The number of aryl methyl sites for hydroxylation is 1. The molecule has 18 heavy (non-hydrogen) atoms. The fraction of sp³-hybridized carbons (Fsp3) is 0.571. The third-order valence-corrected chi connectivity index (χ3v) is 3.43. The Labute approximate surface area is 109 Å². The average Bonchev–Trinajstić information content (AvgIpc) is 2.42. The van der Waals surface area contributed by atoms with Crippen molar-refractivity contribution in [1.29, 1.82) is 0 Å². The predicted octanol–water partition coefficient (Wildman–Crippen LogP) is 2.01. The SMILES string of the molecule is CC/C(C)=C/c1c(C)ncnc1N1CCNCC1. The molecule has 98 valence electrons. The van der Waals surface area contributed by atoms with E-state index in [1.807, 2.05) is 0 Å². The van der Waals surface area contributed by atoms with Crippen molar-refractivity contribution in [3.63, 3.8) is 0 Å². The lowest BCUT2D eigenvalue weighted by Gasteiger charge is -2.29. The maximum absolute atomic E-state index is 4.49. The molecule has 1 N–H and O–H groups in total. The van der Waals surface area contributed by atoms with Gasteiger partial charge in [0.1, 0.15) is 12.1 Å². The van der Waals surface area contributed by atoms with Gasteiger partial charge in [-0.1, -0.05) is 18.6 Å². The topological polar surface area (TPSA) is 41.1 Å². The number of hydrogen-bond acceptors (Lipinski definition) is 4. The summed E-state index contributed by atoms with van der Waals surface area (Å²) in [4.78, 5) is 11.2. The fourth-order valence-corrected chi connectivity index (χ4v) is 2.12. The molecule has 0 amide bonds. The molecule has 0 unspecified atom stereocenters. The van der Waals surface area contributed by atoms with E-state index in [2.05, 4.69) is 47.0 Å². The Kier molecular flexibility index (Phi) is 4.31. The van der Waals surface area contributed by atoms with E-state index in [4.69, 9.17) is 0 Å². The fourth-order valence-electron chi connectivity index (χ4n) is 2.12. The summed E-state index contributed by atoms with van der Waals surface area (Å²) in [5, 5.41) is 3.37. The van der Waals surface area contributed by atoms with Gasteiger partial charge in [-0.2, -0.15) is 0 Å². The van der Waals surface area contributed by atoms with Crippen molar-refractivity contribution in [1.82, 2.24) is 15.3 Å². The van der Waals surface area contributed by atoms with Gasteiger partial charge in [-0.05, 0) is 20.3 Å². The number of rotatable bonds is 3. The summed E-state index contributed by atoms with van der Waals surface area (Å²) in [6, 6.07) is 0. The van der Waals surface area contributed by atoms with Crippen LogP contribution in [0.2, 0.25) is 0 Å². The van der Waals surface area contributed by atoms with E-state index in [1.54, 1.807) is 6.33 Å². The molecular formula is C14H22N4. The number of anilines is 1. The van der Waals surface area contributed by atoms with Crippen molar-refractivity contribution in [2.45, 2.75) is 27.2 Å². The van der Waals surface area contributed by atoms with Crippen LogP contribution >= 0.6 is 0 Å². The van der Waals surface area contributed by atoms with Crippen LogP contribution in [0.25, 0.3) is 6.08 Å². The highest BCUT2D eigenvalue weighted by Crippen LogP contribution is 2.23. The van der Waals surface area contributed by atoms with Gasteiger partial charge in [0, 0.05) is 31.7 Å². The van der Waals surface area contributed by atoms with Crippen LogP contribution in [0.5, 0.6) is 0 Å². The number of hydrogen-bond donors (Lipinski definition) is 1. The lowest BCUT2D eigenvalue weighted by atomic mass is 10.1. The summed E-state index contributed by atoms with van der Waals surface area (Å²) in [7, 11) is 0. The number of allylic oxidation sites excluding steroid dienone is 1. The van der Waals surface area contributed by atoms with Gasteiger partial charge >= 0.3 is 0 Å². The molecule has 0 spiro atoms. The molecule has 1 fully saturated rings.